The lowest BCUT2D eigenvalue weighted by molar-refractivity contribution is -0.139. The highest BCUT2D eigenvalue weighted by Gasteiger charge is 2.33. The molecule has 2 aromatic rings. The molecule has 1 aliphatic carbocycles. The highest BCUT2D eigenvalue weighted by atomic mass is 16.5. The first-order valence-corrected chi connectivity index (χ1v) is 15.0. The minimum absolute atomic E-state index is 0.194. The topological polar surface area (TPSA) is 135 Å². The predicted octanol–water partition coefficient (Wildman–Crippen LogP) is 3.29. The number of ether oxygens (including phenoxy) is 3. The quantitative estimate of drug-likeness (QED) is 0.303. The predicted molar refractivity (Wildman–Crippen MR) is 161 cm³/mol. The van der Waals surface area contributed by atoms with Gasteiger partial charge in [-0.15, -0.1) is 0 Å². The van der Waals surface area contributed by atoms with Crippen LogP contribution in [-0.4, -0.2) is 80.6 Å². The largest absolute Gasteiger partial charge is 0.497 e. The zero-order valence-corrected chi connectivity index (χ0v) is 24.7. The highest BCUT2D eigenvalue weighted by molar-refractivity contribution is 6.42. The van der Waals surface area contributed by atoms with E-state index in [-0.39, 0.29) is 25.2 Å². The summed E-state index contributed by atoms with van der Waals surface area (Å²) in [5.74, 6) is -1.39. The maximum atomic E-state index is 13.7. The van der Waals surface area contributed by atoms with Gasteiger partial charge in [-0.05, 0) is 42.2 Å². The molecule has 1 saturated heterocycles. The molecule has 1 heterocycles. The van der Waals surface area contributed by atoms with E-state index in [1.165, 1.54) is 7.11 Å². The Bertz CT molecular complexity index is 1200. The van der Waals surface area contributed by atoms with Crippen LogP contribution in [0.3, 0.4) is 0 Å². The summed E-state index contributed by atoms with van der Waals surface area (Å²) in [5, 5.41) is 8.21. The number of benzene rings is 2. The molecule has 43 heavy (non-hydrogen) atoms. The number of rotatable bonds is 13. The third-order valence-electron chi connectivity index (χ3n) is 7.81. The van der Waals surface area contributed by atoms with E-state index >= 15 is 0 Å². The Hall–Kier alpha value is -3.96. The molecule has 0 bridgehead atoms. The standard InChI is InChI=1S/C32H42N4O7/c1-41-26-14-12-25(13-15-26)33-31(39)29(37)28(22-43-21-24-10-6-3-7-11-24)34-30(38)27(20-23-8-4-2-5-9-23)35-32(40)36-16-18-42-19-17-36/h3,6-7,10-15,23,27-28H,2,4-5,8-9,16-22H2,1H3,(H,33,39)(H,34,38)(H,35,40)/t27-,28-/m0/s1. The van der Waals surface area contributed by atoms with E-state index < -0.39 is 29.7 Å². The first-order valence-electron chi connectivity index (χ1n) is 15.0. The summed E-state index contributed by atoms with van der Waals surface area (Å²) in [4.78, 5) is 54.8. The summed E-state index contributed by atoms with van der Waals surface area (Å²) in [6, 6.07) is 13.5. The number of nitrogens with zero attached hydrogens (tertiary/aromatic N) is 1. The van der Waals surface area contributed by atoms with Crippen LogP contribution in [0.4, 0.5) is 10.5 Å². The first-order chi connectivity index (χ1) is 20.9. The normalized spacial score (nSPS) is 16.9. The molecular formula is C32H42N4O7. The number of Topliss-reactive ketones (excluding diaryl/α,β-unsaturated/α-hetero) is 1. The van der Waals surface area contributed by atoms with E-state index in [2.05, 4.69) is 16.0 Å². The second kappa shape index (κ2) is 16.6. The second-order valence-corrected chi connectivity index (χ2v) is 11.0. The summed E-state index contributed by atoms with van der Waals surface area (Å²) in [6.07, 6.45) is 5.72. The van der Waals surface area contributed by atoms with Gasteiger partial charge in [0.05, 0.1) is 33.5 Å². The van der Waals surface area contributed by atoms with Crippen LogP contribution < -0.4 is 20.7 Å². The molecule has 2 aromatic carbocycles. The van der Waals surface area contributed by atoms with Crippen molar-refractivity contribution in [2.24, 2.45) is 5.92 Å². The van der Waals surface area contributed by atoms with Crippen molar-refractivity contribution in [2.45, 2.75) is 57.2 Å². The highest BCUT2D eigenvalue weighted by Crippen LogP contribution is 2.27. The molecule has 2 atom stereocenters. The van der Waals surface area contributed by atoms with Crippen molar-refractivity contribution in [3.05, 3.63) is 60.2 Å². The van der Waals surface area contributed by atoms with E-state index in [1.807, 2.05) is 30.3 Å². The van der Waals surface area contributed by atoms with Crippen LogP contribution in [0.2, 0.25) is 0 Å². The lowest BCUT2D eigenvalue weighted by atomic mass is 9.84. The number of methoxy groups -OCH3 is 1. The fourth-order valence-electron chi connectivity index (χ4n) is 5.34. The fraction of sp³-hybridized carbons (Fsp3) is 0.500. The number of nitrogens with one attached hydrogen (secondary N) is 3. The zero-order valence-electron chi connectivity index (χ0n) is 24.7. The Morgan fingerprint density at radius 3 is 2.28 bits per heavy atom. The van der Waals surface area contributed by atoms with Gasteiger partial charge in [0.15, 0.2) is 0 Å². The van der Waals surface area contributed by atoms with Gasteiger partial charge in [-0.2, -0.15) is 0 Å². The summed E-state index contributed by atoms with van der Waals surface area (Å²) in [7, 11) is 1.53. The molecule has 0 spiro atoms. The van der Waals surface area contributed by atoms with Gasteiger partial charge in [0.2, 0.25) is 11.7 Å². The molecule has 2 fully saturated rings. The second-order valence-electron chi connectivity index (χ2n) is 11.0. The summed E-state index contributed by atoms with van der Waals surface area (Å²) in [5.41, 5.74) is 1.29. The Morgan fingerprint density at radius 2 is 1.60 bits per heavy atom. The molecule has 4 rings (SSSR count). The van der Waals surface area contributed by atoms with Gasteiger partial charge >= 0.3 is 6.03 Å². The Morgan fingerprint density at radius 1 is 0.907 bits per heavy atom. The van der Waals surface area contributed by atoms with Crippen LogP contribution in [0, 0.1) is 5.92 Å². The molecule has 2 aliphatic rings. The van der Waals surface area contributed by atoms with Gasteiger partial charge in [0.25, 0.3) is 5.91 Å². The van der Waals surface area contributed by atoms with Crippen molar-refractivity contribution in [1.29, 1.82) is 0 Å². The van der Waals surface area contributed by atoms with E-state index in [1.54, 1.807) is 29.2 Å². The van der Waals surface area contributed by atoms with Crippen molar-refractivity contribution < 1.29 is 33.4 Å². The van der Waals surface area contributed by atoms with E-state index in [0.717, 1.165) is 37.7 Å². The van der Waals surface area contributed by atoms with Gasteiger partial charge in [0.1, 0.15) is 17.8 Å². The average Bonchev–Trinajstić information content (AvgIpc) is 3.05. The third kappa shape index (κ3) is 10.1. The van der Waals surface area contributed by atoms with Crippen molar-refractivity contribution in [2.75, 3.05) is 45.3 Å². The number of ketones is 1. The molecule has 1 aliphatic heterocycles. The van der Waals surface area contributed by atoms with Crippen molar-refractivity contribution in [3.63, 3.8) is 0 Å². The van der Waals surface area contributed by atoms with Crippen molar-refractivity contribution >= 4 is 29.3 Å². The van der Waals surface area contributed by atoms with Crippen LogP contribution in [0.25, 0.3) is 0 Å². The van der Waals surface area contributed by atoms with Crippen molar-refractivity contribution in [3.8, 4) is 5.75 Å². The molecular weight excluding hydrogens is 552 g/mol. The van der Waals surface area contributed by atoms with E-state index in [0.29, 0.717) is 44.2 Å². The Balaban J connectivity index is 1.46. The molecule has 3 N–H and O–H groups in total. The van der Waals surface area contributed by atoms with Crippen LogP contribution >= 0.6 is 0 Å². The van der Waals surface area contributed by atoms with Gasteiger partial charge < -0.3 is 35.1 Å². The molecule has 0 radical (unpaired) electrons. The zero-order chi connectivity index (χ0) is 30.4. The molecule has 0 aromatic heterocycles. The maximum Gasteiger partial charge on any atom is 0.318 e. The van der Waals surface area contributed by atoms with Crippen LogP contribution in [-0.2, 0) is 30.5 Å². The minimum atomic E-state index is -1.26. The molecule has 232 valence electrons. The lowest BCUT2D eigenvalue weighted by Gasteiger charge is -2.31. The fourth-order valence-corrected chi connectivity index (χ4v) is 5.34. The summed E-state index contributed by atoms with van der Waals surface area (Å²) in [6.45, 7) is 1.72. The van der Waals surface area contributed by atoms with Gasteiger partial charge in [0, 0.05) is 18.8 Å². The number of morpholine rings is 1. The first kappa shape index (κ1) is 32.0. The lowest BCUT2D eigenvalue weighted by Crippen LogP contribution is -2.57. The number of urea groups is 1. The maximum absolute atomic E-state index is 13.7. The van der Waals surface area contributed by atoms with Gasteiger partial charge in [-0.25, -0.2) is 4.79 Å². The van der Waals surface area contributed by atoms with Gasteiger partial charge in [-0.3, -0.25) is 14.4 Å². The SMILES string of the molecule is COc1ccc(NC(=O)C(=O)[C@H](COCc2ccccc2)NC(=O)[C@H](CC2CCCCC2)NC(=O)N2CCOCC2)cc1. The number of amides is 4. The molecule has 11 nitrogen and oxygen atoms in total. The van der Waals surface area contributed by atoms with Gasteiger partial charge in [-0.1, -0.05) is 62.4 Å². The third-order valence-corrected chi connectivity index (χ3v) is 7.81. The van der Waals surface area contributed by atoms with E-state index in [4.69, 9.17) is 14.2 Å². The van der Waals surface area contributed by atoms with Crippen LogP contribution in [0.1, 0.15) is 44.1 Å². The van der Waals surface area contributed by atoms with Crippen LogP contribution in [0.5, 0.6) is 5.75 Å². The van der Waals surface area contributed by atoms with Crippen LogP contribution in [0.15, 0.2) is 54.6 Å². The molecule has 1 saturated carbocycles. The number of anilines is 1. The number of carbonyl (C=O) groups excluding carboxylic acids is 4. The molecule has 11 heteroatoms. The monoisotopic (exact) mass is 594 g/mol. The minimum Gasteiger partial charge on any atom is -0.497 e. The van der Waals surface area contributed by atoms with E-state index in [9.17, 15) is 19.2 Å². The summed E-state index contributed by atoms with van der Waals surface area (Å²) < 4.78 is 16.3. The number of carbonyl (C=O) groups is 4. The average molecular weight is 595 g/mol. The Kier molecular flexibility index (Phi) is 12.4. The van der Waals surface area contributed by atoms with Crippen molar-refractivity contribution in [1.82, 2.24) is 15.5 Å². The molecule has 0 unspecified atom stereocenters. The number of hydrogen-bond acceptors (Lipinski definition) is 7. The summed E-state index contributed by atoms with van der Waals surface area (Å²) >= 11 is 0. The molecule has 4 amide bonds. The Labute approximate surface area is 252 Å². The number of hydrogen-bond donors (Lipinski definition) is 3. The smallest absolute Gasteiger partial charge is 0.318 e.